The molecule has 0 aliphatic heterocycles. The second kappa shape index (κ2) is 10.6. The zero-order valence-electron chi connectivity index (χ0n) is 12.5. The number of hydrogen-bond donors (Lipinski definition) is 1. The van der Waals surface area contributed by atoms with E-state index in [9.17, 15) is 8.78 Å². The molecule has 0 saturated heterocycles. The highest BCUT2D eigenvalue weighted by Crippen LogP contribution is 2.19. The van der Waals surface area contributed by atoms with Gasteiger partial charge in [0.05, 0.1) is 39.1 Å². The monoisotopic (exact) mass is 303 g/mol. The molecule has 120 valence electrons. The molecule has 0 aliphatic rings. The number of hydrogen-bond acceptors (Lipinski definition) is 4. The Labute approximate surface area is 124 Å². The van der Waals surface area contributed by atoms with Gasteiger partial charge in [0.15, 0.2) is 11.6 Å². The SMILES string of the molecule is CCNC(COCCOCCOC)c1cccc(F)c1F. The van der Waals surface area contributed by atoms with Crippen LogP contribution in [0.5, 0.6) is 0 Å². The maximum absolute atomic E-state index is 13.8. The Hall–Kier alpha value is -1.08. The Morgan fingerprint density at radius 1 is 1.10 bits per heavy atom. The van der Waals surface area contributed by atoms with Crippen LogP contribution in [-0.4, -0.2) is 46.7 Å². The first-order valence-electron chi connectivity index (χ1n) is 7.02. The molecule has 1 atom stereocenters. The third-order valence-electron chi connectivity index (χ3n) is 2.90. The maximum atomic E-state index is 13.8. The van der Waals surface area contributed by atoms with Crippen LogP contribution in [0.4, 0.5) is 8.78 Å². The molecular formula is C15H23F2NO3. The Morgan fingerprint density at radius 2 is 1.81 bits per heavy atom. The van der Waals surface area contributed by atoms with Crippen LogP contribution in [0.1, 0.15) is 18.5 Å². The van der Waals surface area contributed by atoms with Crippen LogP contribution in [0.25, 0.3) is 0 Å². The zero-order chi connectivity index (χ0) is 15.5. The highest BCUT2D eigenvalue weighted by molar-refractivity contribution is 5.22. The highest BCUT2D eigenvalue weighted by Gasteiger charge is 2.17. The molecule has 1 aromatic rings. The number of nitrogens with one attached hydrogen (secondary N) is 1. The Kier molecular flexibility index (Phi) is 9.09. The van der Waals surface area contributed by atoms with Gasteiger partial charge in [-0.1, -0.05) is 19.1 Å². The Morgan fingerprint density at radius 3 is 2.52 bits per heavy atom. The van der Waals surface area contributed by atoms with Crippen molar-refractivity contribution in [2.75, 3.05) is 46.7 Å². The van der Waals surface area contributed by atoms with Gasteiger partial charge in [-0.3, -0.25) is 0 Å². The summed E-state index contributed by atoms with van der Waals surface area (Å²) in [5.41, 5.74) is 0.275. The number of likely N-dealkylation sites (N-methyl/N-ethyl adjacent to an activating group) is 1. The van der Waals surface area contributed by atoms with Crippen molar-refractivity contribution in [2.24, 2.45) is 0 Å². The summed E-state index contributed by atoms with van der Waals surface area (Å²) < 4.78 is 42.6. The molecule has 0 heterocycles. The summed E-state index contributed by atoms with van der Waals surface area (Å²) in [7, 11) is 1.61. The Bertz CT molecular complexity index is 405. The van der Waals surface area contributed by atoms with Crippen LogP contribution in [0.15, 0.2) is 18.2 Å². The van der Waals surface area contributed by atoms with E-state index in [4.69, 9.17) is 14.2 Å². The van der Waals surface area contributed by atoms with Crippen LogP contribution in [0, 0.1) is 11.6 Å². The van der Waals surface area contributed by atoms with Gasteiger partial charge in [0.1, 0.15) is 0 Å². The average molecular weight is 303 g/mol. The van der Waals surface area contributed by atoms with E-state index in [1.54, 1.807) is 13.2 Å². The van der Waals surface area contributed by atoms with Crippen LogP contribution in [-0.2, 0) is 14.2 Å². The third kappa shape index (κ3) is 6.48. The molecule has 1 unspecified atom stereocenters. The van der Waals surface area contributed by atoms with Crippen LogP contribution in [0.2, 0.25) is 0 Å². The van der Waals surface area contributed by atoms with Crippen molar-refractivity contribution in [3.8, 4) is 0 Å². The van der Waals surface area contributed by atoms with E-state index in [0.29, 0.717) is 33.0 Å². The second-order valence-electron chi connectivity index (χ2n) is 4.43. The van der Waals surface area contributed by atoms with E-state index in [1.807, 2.05) is 6.92 Å². The Balaban J connectivity index is 2.41. The van der Waals surface area contributed by atoms with Crippen molar-refractivity contribution < 1.29 is 23.0 Å². The second-order valence-corrected chi connectivity index (χ2v) is 4.43. The molecule has 1 aromatic carbocycles. The fraction of sp³-hybridized carbons (Fsp3) is 0.600. The van der Waals surface area contributed by atoms with E-state index in [1.165, 1.54) is 6.07 Å². The zero-order valence-corrected chi connectivity index (χ0v) is 12.5. The first-order chi connectivity index (χ1) is 10.2. The lowest BCUT2D eigenvalue weighted by atomic mass is 10.1. The summed E-state index contributed by atoms with van der Waals surface area (Å²) in [5.74, 6) is -1.68. The number of methoxy groups -OCH3 is 1. The van der Waals surface area contributed by atoms with Crippen LogP contribution in [0.3, 0.4) is 0 Å². The van der Waals surface area contributed by atoms with Crippen molar-refractivity contribution in [1.29, 1.82) is 0 Å². The average Bonchev–Trinajstić information content (AvgIpc) is 2.48. The van der Waals surface area contributed by atoms with Crippen molar-refractivity contribution >= 4 is 0 Å². The van der Waals surface area contributed by atoms with Gasteiger partial charge in [-0.05, 0) is 12.6 Å². The van der Waals surface area contributed by atoms with Gasteiger partial charge < -0.3 is 19.5 Å². The summed E-state index contributed by atoms with van der Waals surface area (Å²) >= 11 is 0. The fourth-order valence-electron chi connectivity index (χ4n) is 1.86. The largest absolute Gasteiger partial charge is 0.382 e. The molecule has 0 aromatic heterocycles. The predicted molar refractivity (Wildman–Crippen MR) is 76.3 cm³/mol. The highest BCUT2D eigenvalue weighted by atomic mass is 19.2. The van der Waals surface area contributed by atoms with Crippen molar-refractivity contribution in [2.45, 2.75) is 13.0 Å². The normalized spacial score (nSPS) is 12.6. The molecule has 21 heavy (non-hydrogen) atoms. The molecule has 6 heteroatoms. The lowest BCUT2D eigenvalue weighted by Gasteiger charge is -2.19. The molecule has 0 radical (unpaired) electrons. The lowest BCUT2D eigenvalue weighted by Crippen LogP contribution is -2.27. The number of benzene rings is 1. The molecule has 0 aliphatic carbocycles. The van der Waals surface area contributed by atoms with Crippen molar-refractivity contribution in [3.05, 3.63) is 35.4 Å². The number of ether oxygens (including phenoxy) is 3. The third-order valence-corrected chi connectivity index (χ3v) is 2.90. The molecule has 0 saturated carbocycles. The van der Waals surface area contributed by atoms with Crippen LogP contribution < -0.4 is 5.32 Å². The van der Waals surface area contributed by atoms with Gasteiger partial charge in [0.2, 0.25) is 0 Å². The quantitative estimate of drug-likeness (QED) is 0.637. The smallest absolute Gasteiger partial charge is 0.163 e. The number of halogens is 2. The minimum Gasteiger partial charge on any atom is -0.382 e. The lowest BCUT2D eigenvalue weighted by molar-refractivity contribution is 0.0191. The summed E-state index contributed by atoms with van der Waals surface area (Å²) in [6.45, 7) is 4.66. The van der Waals surface area contributed by atoms with E-state index >= 15 is 0 Å². The number of rotatable bonds is 11. The first kappa shape index (κ1) is 18.0. The molecule has 0 amide bonds. The summed E-state index contributed by atoms with van der Waals surface area (Å²) in [4.78, 5) is 0. The van der Waals surface area contributed by atoms with Gasteiger partial charge in [-0.15, -0.1) is 0 Å². The molecule has 0 bridgehead atoms. The minimum absolute atomic E-state index is 0.252. The summed E-state index contributed by atoms with van der Waals surface area (Å²) in [5, 5.41) is 3.09. The van der Waals surface area contributed by atoms with Gasteiger partial charge >= 0.3 is 0 Å². The van der Waals surface area contributed by atoms with Gasteiger partial charge in [0, 0.05) is 12.7 Å². The van der Waals surface area contributed by atoms with Gasteiger partial charge in [-0.2, -0.15) is 0 Å². The molecule has 4 nitrogen and oxygen atoms in total. The minimum atomic E-state index is -0.849. The molecule has 0 fully saturated rings. The van der Waals surface area contributed by atoms with E-state index in [-0.39, 0.29) is 18.2 Å². The standard InChI is InChI=1S/C15H23F2NO3/c1-3-18-14(11-21-10-9-20-8-7-19-2)12-5-4-6-13(16)15(12)17/h4-6,14,18H,3,7-11H2,1-2H3. The van der Waals surface area contributed by atoms with Gasteiger partial charge in [0.25, 0.3) is 0 Å². The first-order valence-corrected chi connectivity index (χ1v) is 7.02. The van der Waals surface area contributed by atoms with E-state index < -0.39 is 11.6 Å². The van der Waals surface area contributed by atoms with Crippen molar-refractivity contribution in [1.82, 2.24) is 5.32 Å². The summed E-state index contributed by atoms with van der Waals surface area (Å²) in [6, 6.07) is 3.77. The van der Waals surface area contributed by atoms with Crippen LogP contribution >= 0.6 is 0 Å². The summed E-state index contributed by atoms with van der Waals surface area (Å²) in [6.07, 6.45) is 0. The molecule has 1 N–H and O–H groups in total. The van der Waals surface area contributed by atoms with E-state index in [0.717, 1.165) is 6.07 Å². The van der Waals surface area contributed by atoms with Crippen molar-refractivity contribution in [3.63, 3.8) is 0 Å². The molecule has 1 rings (SSSR count). The predicted octanol–water partition coefficient (Wildman–Crippen LogP) is 2.30. The van der Waals surface area contributed by atoms with E-state index in [2.05, 4.69) is 5.32 Å². The molecule has 0 spiro atoms. The molecular weight excluding hydrogens is 280 g/mol. The van der Waals surface area contributed by atoms with Gasteiger partial charge in [-0.25, -0.2) is 8.78 Å². The maximum Gasteiger partial charge on any atom is 0.163 e. The fourth-order valence-corrected chi connectivity index (χ4v) is 1.86. The topological polar surface area (TPSA) is 39.7 Å².